The van der Waals surface area contributed by atoms with Gasteiger partial charge >= 0.3 is 0 Å². The molecule has 1 rings (SSSR count). The van der Waals surface area contributed by atoms with Gasteiger partial charge in [0.2, 0.25) is 0 Å². The van der Waals surface area contributed by atoms with Crippen molar-refractivity contribution in [2.75, 3.05) is 18.5 Å². The van der Waals surface area contributed by atoms with E-state index in [1.807, 2.05) is 24.3 Å². The highest BCUT2D eigenvalue weighted by Gasteiger charge is 2.07. The predicted molar refractivity (Wildman–Crippen MR) is 78.2 cm³/mol. The zero-order valence-corrected chi connectivity index (χ0v) is 12.2. The van der Waals surface area contributed by atoms with Gasteiger partial charge in [-0.2, -0.15) is 0 Å². The summed E-state index contributed by atoms with van der Waals surface area (Å²) in [6, 6.07) is 7.78. The number of aliphatic hydroxyl groups excluding tert-OH is 2. The molecule has 0 aromatic heterocycles. The van der Waals surface area contributed by atoms with Gasteiger partial charge in [-0.3, -0.25) is 0 Å². The minimum Gasteiger partial charge on any atom is -0.394 e. The van der Waals surface area contributed by atoms with Crippen molar-refractivity contribution in [3.8, 4) is 11.5 Å². The van der Waals surface area contributed by atoms with Crippen LogP contribution in [0.15, 0.2) is 24.3 Å². The SMILES string of the molecule is C[Si](C)(C)C#Cc1cccc(NCC(O)CO)c1. The molecular weight excluding hydrogens is 242 g/mol. The predicted octanol–water partition coefficient (Wildman–Crippen LogP) is 1.68. The number of nitrogens with one attached hydrogen (secondary N) is 1. The lowest BCUT2D eigenvalue weighted by Crippen LogP contribution is -2.22. The first-order valence-electron chi connectivity index (χ1n) is 6.07. The van der Waals surface area contributed by atoms with Crippen LogP contribution in [0.4, 0.5) is 5.69 Å². The molecule has 1 unspecified atom stereocenters. The molecule has 1 aromatic carbocycles. The molecular formula is C14H21NO2Si. The summed E-state index contributed by atoms with van der Waals surface area (Å²) in [5, 5.41) is 21.1. The molecule has 98 valence electrons. The lowest BCUT2D eigenvalue weighted by Gasteiger charge is -2.10. The minimum absolute atomic E-state index is 0.234. The number of benzene rings is 1. The van der Waals surface area contributed by atoms with Crippen LogP contribution < -0.4 is 5.32 Å². The maximum atomic E-state index is 9.26. The van der Waals surface area contributed by atoms with Crippen molar-refractivity contribution < 1.29 is 10.2 Å². The van der Waals surface area contributed by atoms with Crippen LogP contribution >= 0.6 is 0 Å². The van der Waals surface area contributed by atoms with Gasteiger partial charge in [-0.15, -0.1) is 5.54 Å². The molecule has 0 aliphatic heterocycles. The molecule has 1 aromatic rings. The van der Waals surface area contributed by atoms with E-state index in [9.17, 15) is 5.11 Å². The van der Waals surface area contributed by atoms with Crippen LogP contribution in [0.25, 0.3) is 0 Å². The maximum Gasteiger partial charge on any atom is 0.129 e. The fourth-order valence-corrected chi connectivity index (χ4v) is 1.79. The Hall–Kier alpha value is -1.28. The van der Waals surface area contributed by atoms with Crippen molar-refractivity contribution in [3.63, 3.8) is 0 Å². The lowest BCUT2D eigenvalue weighted by atomic mass is 10.2. The topological polar surface area (TPSA) is 52.5 Å². The molecule has 0 aliphatic rings. The summed E-state index contributed by atoms with van der Waals surface area (Å²) in [4.78, 5) is 0. The van der Waals surface area contributed by atoms with Crippen LogP contribution in [0.5, 0.6) is 0 Å². The summed E-state index contributed by atoms with van der Waals surface area (Å²) in [5.41, 5.74) is 5.19. The third kappa shape index (κ3) is 5.87. The van der Waals surface area contributed by atoms with Gasteiger partial charge in [-0.25, -0.2) is 0 Å². The number of aliphatic hydroxyl groups is 2. The van der Waals surface area contributed by atoms with Gasteiger partial charge in [-0.05, 0) is 18.2 Å². The Morgan fingerprint density at radius 3 is 2.67 bits per heavy atom. The summed E-state index contributed by atoms with van der Waals surface area (Å²) in [5.74, 6) is 3.19. The van der Waals surface area contributed by atoms with Crippen molar-refractivity contribution >= 4 is 13.8 Å². The van der Waals surface area contributed by atoms with Crippen LogP contribution in [-0.4, -0.2) is 37.5 Å². The molecule has 18 heavy (non-hydrogen) atoms. The van der Waals surface area contributed by atoms with Crippen LogP contribution in [0, 0.1) is 11.5 Å². The van der Waals surface area contributed by atoms with Crippen molar-refractivity contribution in [1.29, 1.82) is 0 Å². The Kier molecular flexibility index (Phi) is 5.42. The molecule has 0 saturated heterocycles. The third-order valence-corrected chi connectivity index (χ3v) is 3.07. The van der Waals surface area contributed by atoms with Crippen molar-refractivity contribution in [3.05, 3.63) is 29.8 Å². The zero-order chi connectivity index (χ0) is 13.6. The highest BCUT2D eigenvalue weighted by Crippen LogP contribution is 2.10. The third-order valence-electron chi connectivity index (χ3n) is 2.20. The van der Waals surface area contributed by atoms with E-state index in [-0.39, 0.29) is 6.61 Å². The van der Waals surface area contributed by atoms with E-state index in [0.717, 1.165) is 11.3 Å². The van der Waals surface area contributed by atoms with E-state index in [0.29, 0.717) is 6.54 Å². The van der Waals surface area contributed by atoms with Gasteiger partial charge in [-0.1, -0.05) is 31.6 Å². The van der Waals surface area contributed by atoms with Gasteiger partial charge in [0.1, 0.15) is 8.07 Å². The molecule has 0 radical (unpaired) electrons. The first kappa shape index (κ1) is 14.8. The average Bonchev–Trinajstić information content (AvgIpc) is 2.33. The Bertz CT molecular complexity index is 443. The second-order valence-corrected chi connectivity index (χ2v) is 10.0. The first-order valence-corrected chi connectivity index (χ1v) is 9.57. The van der Waals surface area contributed by atoms with E-state index in [1.165, 1.54) is 0 Å². The quantitative estimate of drug-likeness (QED) is 0.572. The van der Waals surface area contributed by atoms with Crippen molar-refractivity contribution in [2.45, 2.75) is 25.7 Å². The zero-order valence-electron chi connectivity index (χ0n) is 11.2. The standard InChI is InChI=1S/C14H21NO2Si/c1-18(2,3)8-7-12-5-4-6-13(9-12)15-10-14(17)11-16/h4-6,9,14-17H,10-11H2,1-3H3. The number of rotatable bonds is 4. The summed E-state index contributed by atoms with van der Waals surface area (Å²) in [6.45, 7) is 6.72. The summed E-state index contributed by atoms with van der Waals surface area (Å²) in [6.07, 6.45) is -0.735. The van der Waals surface area contributed by atoms with Crippen LogP contribution in [0.3, 0.4) is 0 Å². The van der Waals surface area contributed by atoms with Gasteiger partial charge in [0.25, 0.3) is 0 Å². The van der Waals surface area contributed by atoms with Gasteiger partial charge in [0.15, 0.2) is 0 Å². The molecule has 4 heteroatoms. The summed E-state index contributed by atoms with van der Waals surface area (Å²) < 4.78 is 0. The molecule has 0 amide bonds. The van der Waals surface area contributed by atoms with Gasteiger partial charge in [0, 0.05) is 17.8 Å². The average molecular weight is 263 g/mol. The summed E-state index contributed by atoms with van der Waals surface area (Å²) >= 11 is 0. The van der Waals surface area contributed by atoms with Crippen LogP contribution in [0.2, 0.25) is 19.6 Å². The largest absolute Gasteiger partial charge is 0.394 e. The number of anilines is 1. The minimum atomic E-state index is -1.35. The smallest absolute Gasteiger partial charge is 0.129 e. The lowest BCUT2D eigenvalue weighted by molar-refractivity contribution is 0.105. The molecule has 0 fully saturated rings. The van der Waals surface area contributed by atoms with Crippen molar-refractivity contribution in [2.24, 2.45) is 0 Å². The second kappa shape index (κ2) is 6.60. The molecule has 3 nitrogen and oxygen atoms in total. The highest BCUT2D eigenvalue weighted by atomic mass is 28.3. The van der Waals surface area contributed by atoms with E-state index >= 15 is 0 Å². The van der Waals surface area contributed by atoms with E-state index < -0.39 is 14.2 Å². The van der Waals surface area contributed by atoms with E-state index in [1.54, 1.807) is 0 Å². The van der Waals surface area contributed by atoms with Gasteiger partial charge < -0.3 is 15.5 Å². The maximum absolute atomic E-state index is 9.26. The molecule has 1 atom stereocenters. The molecule has 0 heterocycles. The van der Waals surface area contributed by atoms with Crippen LogP contribution in [-0.2, 0) is 0 Å². The van der Waals surface area contributed by atoms with Crippen LogP contribution in [0.1, 0.15) is 5.56 Å². The monoisotopic (exact) mass is 263 g/mol. The number of hydrogen-bond acceptors (Lipinski definition) is 3. The molecule has 0 aliphatic carbocycles. The summed E-state index contributed by atoms with van der Waals surface area (Å²) in [7, 11) is -1.35. The highest BCUT2D eigenvalue weighted by molar-refractivity contribution is 6.83. The fourth-order valence-electron chi connectivity index (χ4n) is 1.27. The molecule has 3 N–H and O–H groups in total. The Morgan fingerprint density at radius 1 is 1.33 bits per heavy atom. The molecule has 0 spiro atoms. The second-order valence-electron chi connectivity index (χ2n) is 5.30. The molecule has 0 saturated carbocycles. The fraction of sp³-hybridized carbons (Fsp3) is 0.429. The Labute approximate surface area is 110 Å². The van der Waals surface area contributed by atoms with Gasteiger partial charge in [0.05, 0.1) is 12.7 Å². The Balaban J connectivity index is 2.70. The number of hydrogen-bond donors (Lipinski definition) is 3. The van der Waals surface area contributed by atoms with E-state index in [4.69, 9.17) is 5.11 Å². The Morgan fingerprint density at radius 2 is 2.06 bits per heavy atom. The van der Waals surface area contributed by atoms with Crippen molar-refractivity contribution in [1.82, 2.24) is 0 Å². The normalized spacial score (nSPS) is 12.5. The molecule has 0 bridgehead atoms. The van der Waals surface area contributed by atoms with E-state index in [2.05, 4.69) is 36.4 Å². The first-order chi connectivity index (χ1) is 8.40.